The first-order valence-electron chi connectivity index (χ1n) is 14.7. The fourth-order valence-corrected chi connectivity index (χ4v) is 5.50. The summed E-state index contributed by atoms with van der Waals surface area (Å²) in [5.74, 6) is 0. The average Bonchev–Trinajstić information content (AvgIpc) is 2.97. The summed E-state index contributed by atoms with van der Waals surface area (Å²) in [5.41, 5.74) is 4.18. The lowest BCUT2D eigenvalue weighted by molar-refractivity contribution is -0.00685. The molecule has 10 heteroatoms. The Labute approximate surface area is 247 Å². The Kier molecular flexibility index (Phi) is 12.4. The summed E-state index contributed by atoms with van der Waals surface area (Å²) >= 11 is 7.07. The molecule has 3 aromatic rings. The Morgan fingerprint density at radius 2 is 0.854 bits per heavy atom. The van der Waals surface area contributed by atoms with Gasteiger partial charge in [0.2, 0.25) is 0 Å². The number of ether oxygens (including phenoxy) is 6. The molecule has 0 N–H and O–H groups in total. The second kappa shape index (κ2) is 16.6. The van der Waals surface area contributed by atoms with E-state index in [-0.39, 0.29) is 0 Å². The monoisotopic (exact) mass is 587 g/mol. The number of fused-ring (bicyclic) bond motifs is 2. The number of hydrogen-bond acceptors (Lipinski definition) is 9. The molecule has 0 atom stereocenters. The van der Waals surface area contributed by atoms with Crippen molar-refractivity contribution in [2.24, 2.45) is 0 Å². The van der Waals surface area contributed by atoms with Gasteiger partial charge in [-0.25, -0.2) is 4.98 Å². The molecular weight excluding hydrogens is 546 g/mol. The second-order valence-corrected chi connectivity index (χ2v) is 10.7. The first kappa shape index (κ1) is 30.5. The molecular formula is C31H42ClN3O6. The van der Waals surface area contributed by atoms with Gasteiger partial charge in [0, 0.05) is 50.0 Å². The van der Waals surface area contributed by atoms with Gasteiger partial charge >= 0.3 is 0 Å². The van der Waals surface area contributed by atoms with Crippen LogP contribution in [0.25, 0.3) is 21.8 Å². The van der Waals surface area contributed by atoms with E-state index >= 15 is 0 Å². The molecule has 0 bridgehead atoms. The summed E-state index contributed by atoms with van der Waals surface area (Å²) in [5, 5.41) is 2.70. The molecule has 2 saturated heterocycles. The van der Waals surface area contributed by atoms with Crippen LogP contribution in [0.15, 0.2) is 36.4 Å². The maximum Gasteiger partial charge on any atom is 0.0769 e. The maximum atomic E-state index is 7.07. The lowest BCUT2D eigenvalue weighted by Gasteiger charge is -2.24. The van der Waals surface area contributed by atoms with Crippen molar-refractivity contribution in [1.29, 1.82) is 0 Å². The predicted molar refractivity (Wildman–Crippen MR) is 160 cm³/mol. The minimum absolute atomic E-state index is 0.594. The van der Waals surface area contributed by atoms with Crippen molar-refractivity contribution >= 4 is 33.4 Å². The third-order valence-electron chi connectivity index (χ3n) is 7.42. The third kappa shape index (κ3) is 9.03. The van der Waals surface area contributed by atoms with Gasteiger partial charge in [-0.3, -0.25) is 9.80 Å². The van der Waals surface area contributed by atoms with Gasteiger partial charge in [-0.15, -0.1) is 0 Å². The molecule has 1 aromatic heterocycles. The molecule has 41 heavy (non-hydrogen) atoms. The maximum absolute atomic E-state index is 7.07. The number of halogens is 1. The zero-order chi connectivity index (χ0) is 28.1. The number of benzene rings is 2. The van der Waals surface area contributed by atoms with E-state index in [0.717, 1.165) is 77.2 Å². The fraction of sp³-hybridized carbons (Fsp3) is 0.581. The SMILES string of the molecule is Clc1c2cccc(CN3CCOCCOCCOCC3)c2nc2c(CN3CCOCCOCCOCC3)cccc12. The fourth-order valence-electron chi connectivity index (χ4n) is 5.19. The molecule has 9 nitrogen and oxygen atoms in total. The highest BCUT2D eigenvalue weighted by atomic mass is 35.5. The van der Waals surface area contributed by atoms with Crippen molar-refractivity contribution in [3.05, 3.63) is 52.5 Å². The summed E-state index contributed by atoms with van der Waals surface area (Å²) in [4.78, 5) is 10.0. The molecule has 2 aromatic carbocycles. The Bertz CT molecular complexity index is 1120. The smallest absolute Gasteiger partial charge is 0.0769 e. The van der Waals surface area contributed by atoms with Gasteiger partial charge in [0.25, 0.3) is 0 Å². The number of pyridine rings is 1. The zero-order valence-electron chi connectivity index (χ0n) is 23.9. The first-order chi connectivity index (χ1) is 20.3. The van der Waals surface area contributed by atoms with E-state index in [2.05, 4.69) is 46.2 Å². The van der Waals surface area contributed by atoms with Crippen molar-refractivity contribution < 1.29 is 28.4 Å². The highest BCUT2D eigenvalue weighted by Crippen LogP contribution is 2.34. The van der Waals surface area contributed by atoms with Crippen LogP contribution in [-0.4, -0.2) is 120 Å². The molecule has 0 saturated carbocycles. The molecule has 224 valence electrons. The highest BCUT2D eigenvalue weighted by Gasteiger charge is 2.17. The van der Waals surface area contributed by atoms with Crippen LogP contribution in [0, 0.1) is 0 Å². The summed E-state index contributed by atoms with van der Waals surface area (Å²) in [6, 6.07) is 12.6. The van der Waals surface area contributed by atoms with Crippen molar-refractivity contribution in [3.8, 4) is 0 Å². The lowest BCUT2D eigenvalue weighted by Crippen LogP contribution is -2.32. The van der Waals surface area contributed by atoms with Crippen LogP contribution in [0.4, 0.5) is 0 Å². The van der Waals surface area contributed by atoms with Gasteiger partial charge in [-0.2, -0.15) is 0 Å². The van der Waals surface area contributed by atoms with Crippen LogP contribution in [0.3, 0.4) is 0 Å². The van der Waals surface area contributed by atoms with Gasteiger partial charge in [0.05, 0.1) is 95.3 Å². The van der Waals surface area contributed by atoms with Crippen LogP contribution in [0.2, 0.25) is 5.02 Å². The molecule has 5 rings (SSSR count). The minimum atomic E-state index is 0.594. The molecule has 2 aliphatic heterocycles. The van der Waals surface area contributed by atoms with E-state index < -0.39 is 0 Å². The number of para-hydroxylation sites is 2. The van der Waals surface area contributed by atoms with Crippen LogP contribution in [0.5, 0.6) is 0 Å². The average molecular weight is 588 g/mol. The van der Waals surface area contributed by atoms with Crippen LogP contribution in [-0.2, 0) is 41.5 Å². The van der Waals surface area contributed by atoms with Gasteiger partial charge in [0.15, 0.2) is 0 Å². The molecule has 0 unspecified atom stereocenters. The zero-order valence-corrected chi connectivity index (χ0v) is 24.6. The van der Waals surface area contributed by atoms with E-state index in [1.165, 1.54) is 0 Å². The molecule has 0 amide bonds. The predicted octanol–water partition coefficient (Wildman–Crippen LogP) is 3.77. The minimum Gasteiger partial charge on any atom is -0.378 e. The van der Waals surface area contributed by atoms with E-state index in [0.29, 0.717) is 79.3 Å². The molecule has 2 fully saturated rings. The van der Waals surface area contributed by atoms with E-state index in [1.54, 1.807) is 0 Å². The Morgan fingerprint density at radius 1 is 0.512 bits per heavy atom. The number of rotatable bonds is 4. The third-order valence-corrected chi connectivity index (χ3v) is 7.83. The Morgan fingerprint density at radius 3 is 1.22 bits per heavy atom. The quantitative estimate of drug-likeness (QED) is 0.424. The molecule has 0 aliphatic carbocycles. The lowest BCUT2D eigenvalue weighted by atomic mass is 10.0. The van der Waals surface area contributed by atoms with Gasteiger partial charge in [-0.1, -0.05) is 48.0 Å². The number of hydrogen-bond donors (Lipinski definition) is 0. The van der Waals surface area contributed by atoms with Crippen molar-refractivity contribution in [2.75, 3.05) is 105 Å². The highest BCUT2D eigenvalue weighted by molar-refractivity contribution is 6.40. The van der Waals surface area contributed by atoms with Crippen LogP contribution < -0.4 is 0 Å². The van der Waals surface area contributed by atoms with Crippen molar-refractivity contribution in [3.63, 3.8) is 0 Å². The van der Waals surface area contributed by atoms with Gasteiger partial charge < -0.3 is 28.4 Å². The molecule has 0 spiro atoms. The van der Waals surface area contributed by atoms with Gasteiger partial charge in [-0.05, 0) is 11.1 Å². The Hall–Kier alpha value is -1.92. The van der Waals surface area contributed by atoms with Crippen molar-refractivity contribution in [2.45, 2.75) is 13.1 Å². The summed E-state index contributed by atoms with van der Waals surface area (Å²) in [6.07, 6.45) is 0. The molecule has 3 heterocycles. The van der Waals surface area contributed by atoms with E-state index in [4.69, 9.17) is 45.0 Å². The Balaban J connectivity index is 1.39. The standard InChI is InChI=1S/C31H42ClN3O6/c32-29-27-5-1-3-25(23-34-7-11-36-15-19-40-20-16-37-12-8-34)30(27)33-31-26(4-2-6-28(29)31)24-35-9-13-38-17-21-41-22-18-39-14-10-35/h1-6H,7-24H2. The van der Waals surface area contributed by atoms with E-state index in [1.807, 2.05) is 0 Å². The normalized spacial score (nSPS) is 20.6. The molecule has 2 aliphatic rings. The van der Waals surface area contributed by atoms with Crippen LogP contribution >= 0.6 is 11.6 Å². The topological polar surface area (TPSA) is 74.8 Å². The summed E-state index contributed by atoms with van der Waals surface area (Å²) in [6.45, 7) is 12.0. The summed E-state index contributed by atoms with van der Waals surface area (Å²) < 4.78 is 34.2. The first-order valence-corrected chi connectivity index (χ1v) is 15.1. The second-order valence-electron chi connectivity index (χ2n) is 10.3. The number of nitrogens with zero attached hydrogens (tertiary/aromatic N) is 3. The number of aromatic nitrogens is 1. The molecule has 0 radical (unpaired) electrons. The summed E-state index contributed by atoms with van der Waals surface area (Å²) in [7, 11) is 0. The van der Waals surface area contributed by atoms with Crippen molar-refractivity contribution in [1.82, 2.24) is 14.8 Å². The largest absolute Gasteiger partial charge is 0.378 e. The van der Waals surface area contributed by atoms with Gasteiger partial charge in [0.1, 0.15) is 0 Å². The van der Waals surface area contributed by atoms with E-state index in [9.17, 15) is 0 Å². The van der Waals surface area contributed by atoms with Crippen LogP contribution in [0.1, 0.15) is 11.1 Å².